The summed E-state index contributed by atoms with van der Waals surface area (Å²) in [6.45, 7) is 0. The molecule has 0 heteroatoms. The Morgan fingerprint density at radius 2 is 0.250 bits per heavy atom. The maximum Gasteiger partial charge on any atom is -0.00201 e. The number of hydrogen-bond acceptors (Lipinski definition) is 0. The monoisotopic (exact) mass is 1720 g/mol. The van der Waals surface area contributed by atoms with Gasteiger partial charge in [-0.1, -0.05) is 485 Å². The van der Waals surface area contributed by atoms with Crippen molar-refractivity contribution in [2.24, 2.45) is 0 Å². The normalized spacial score (nSPS) is 11.5. The van der Waals surface area contributed by atoms with E-state index >= 15 is 0 Å². The first-order valence-electron chi connectivity index (χ1n) is 47.1. The van der Waals surface area contributed by atoms with Crippen LogP contribution in [0.5, 0.6) is 0 Å². The van der Waals surface area contributed by atoms with Gasteiger partial charge in [0, 0.05) is 0 Å². The molecule has 0 bridgehead atoms. The predicted molar refractivity (Wildman–Crippen MR) is 587 cm³/mol. The Hall–Kier alpha value is -17.7. The van der Waals surface area contributed by atoms with Crippen LogP contribution in [-0.4, -0.2) is 0 Å². The van der Waals surface area contributed by atoms with Gasteiger partial charge in [0.05, 0.1) is 0 Å². The van der Waals surface area contributed by atoms with Crippen LogP contribution in [0.25, 0.3) is 262 Å². The molecular weight excluding hydrogens is 1630 g/mol. The lowest BCUT2D eigenvalue weighted by Gasteiger charge is -2.19. The zero-order chi connectivity index (χ0) is 89.9. The fraction of sp³-hybridized carbons (Fsp3) is 0. The molecular formula is C136H88. The van der Waals surface area contributed by atoms with E-state index in [2.05, 4.69) is 534 Å². The molecule has 0 aliphatic carbocycles. The van der Waals surface area contributed by atoms with E-state index < -0.39 is 0 Å². The third-order valence-electron chi connectivity index (χ3n) is 28.1. The summed E-state index contributed by atoms with van der Waals surface area (Å²) in [5.74, 6) is 0. The molecule has 0 N–H and O–H groups in total. The van der Waals surface area contributed by atoms with E-state index in [9.17, 15) is 0 Å². The fourth-order valence-corrected chi connectivity index (χ4v) is 21.6. The molecule has 632 valence electrons. The fourth-order valence-electron chi connectivity index (χ4n) is 21.6. The van der Waals surface area contributed by atoms with E-state index in [0.29, 0.717) is 0 Å². The minimum absolute atomic E-state index is 1.22. The van der Waals surface area contributed by atoms with Crippen LogP contribution < -0.4 is 0 Å². The molecule has 0 aliphatic rings. The van der Waals surface area contributed by atoms with Crippen LogP contribution in [0.2, 0.25) is 0 Å². The first-order chi connectivity index (χ1) is 67.4. The summed E-state index contributed by atoms with van der Waals surface area (Å²) < 4.78 is 0. The second-order valence-electron chi connectivity index (χ2n) is 35.9. The molecule has 0 heterocycles. The van der Waals surface area contributed by atoms with Gasteiger partial charge in [-0.3, -0.25) is 0 Å². The van der Waals surface area contributed by atoms with Gasteiger partial charge in [0.1, 0.15) is 0 Å². The van der Waals surface area contributed by atoms with Crippen LogP contribution in [0.1, 0.15) is 0 Å². The Kier molecular flexibility index (Phi) is 20.4. The standard InChI is InChI=1S/2C46H30.C44H28/c1-2-13-32(14-3-1)45-41-19-6-8-21-43(41)46(44-22-9-7-20-42(44)45)40-23-11-18-38-30-37(26-27-39(38)40)35-17-10-16-34(29-35)36-25-24-31-12-4-5-15-33(31)28-36;1-2-11-31(12-3-1)33-21-24-34(25-22-33)45-41-16-6-8-18-43(41)46(44-19-9-7-17-42(44)45)40-20-10-15-38-30-37(27-28-39(38)40)36-26-23-32-13-4-5-14-35(32)29-36;1-3-12-31-26-33(22-20-29(31)10-1)34-24-25-37-35(27-34)14-9-19-38(37)44-41-17-7-5-15-39(41)43(40-16-6-8-18-42(40)44)36-23-21-30-11-2-4-13-32(30)28-36/h2*1-30H;1-28H. The second kappa shape index (κ2) is 34.6. The molecule has 0 unspecified atom stereocenters. The van der Waals surface area contributed by atoms with Crippen molar-refractivity contribution in [3.8, 4) is 122 Å². The van der Waals surface area contributed by atoms with Crippen LogP contribution in [0.15, 0.2) is 534 Å². The highest BCUT2D eigenvalue weighted by Crippen LogP contribution is 2.51. The average Bonchev–Trinajstić information content (AvgIpc) is 0.730. The number of hydrogen-bond donors (Lipinski definition) is 0. The molecule has 0 aromatic heterocycles. The summed E-state index contributed by atoms with van der Waals surface area (Å²) in [6.07, 6.45) is 0. The van der Waals surface area contributed by atoms with Gasteiger partial charge < -0.3 is 0 Å². The van der Waals surface area contributed by atoms with Crippen molar-refractivity contribution >= 4 is 140 Å². The summed E-state index contributed by atoms with van der Waals surface area (Å²) in [6, 6.07) is 195. The maximum absolute atomic E-state index is 2.35. The summed E-state index contributed by atoms with van der Waals surface area (Å²) in [5, 5.41) is 33.0. The highest BCUT2D eigenvalue weighted by Gasteiger charge is 2.24. The summed E-state index contributed by atoms with van der Waals surface area (Å²) in [5.41, 5.74) is 27.6. The van der Waals surface area contributed by atoms with E-state index in [1.165, 1.54) is 262 Å². The molecule has 0 saturated carbocycles. The first-order valence-corrected chi connectivity index (χ1v) is 47.1. The number of rotatable bonds is 11. The van der Waals surface area contributed by atoms with Gasteiger partial charge in [-0.15, -0.1) is 0 Å². The van der Waals surface area contributed by atoms with Crippen LogP contribution in [0, 0.1) is 0 Å². The van der Waals surface area contributed by atoms with Gasteiger partial charge in [0.2, 0.25) is 0 Å². The molecule has 0 radical (unpaired) electrons. The van der Waals surface area contributed by atoms with Crippen molar-refractivity contribution in [3.05, 3.63) is 534 Å². The molecule has 0 aliphatic heterocycles. The van der Waals surface area contributed by atoms with Gasteiger partial charge in [0.25, 0.3) is 0 Å². The minimum atomic E-state index is 1.22. The highest BCUT2D eigenvalue weighted by molar-refractivity contribution is 6.27. The first kappa shape index (κ1) is 80.4. The maximum atomic E-state index is 2.35. The lowest BCUT2D eigenvalue weighted by molar-refractivity contribution is 1.61. The molecule has 27 aromatic carbocycles. The zero-order valence-corrected chi connectivity index (χ0v) is 74.8. The minimum Gasteiger partial charge on any atom is -0.0622 e. The van der Waals surface area contributed by atoms with Crippen LogP contribution in [0.4, 0.5) is 0 Å². The smallest absolute Gasteiger partial charge is 0.00201 e. The second-order valence-corrected chi connectivity index (χ2v) is 35.9. The van der Waals surface area contributed by atoms with Crippen LogP contribution in [0.3, 0.4) is 0 Å². The molecule has 0 saturated heterocycles. The van der Waals surface area contributed by atoms with Gasteiger partial charge in [-0.05, 0) is 311 Å². The molecule has 0 nitrogen and oxygen atoms in total. The van der Waals surface area contributed by atoms with Crippen molar-refractivity contribution in [1.29, 1.82) is 0 Å². The van der Waals surface area contributed by atoms with E-state index in [0.717, 1.165) is 0 Å². The Bertz CT molecular complexity index is 9230. The Balaban J connectivity index is 0.000000109. The summed E-state index contributed by atoms with van der Waals surface area (Å²) in [4.78, 5) is 0. The molecule has 0 atom stereocenters. The molecule has 136 heavy (non-hydrogen) atoms. The van der Waals surface area contributed by atoms with Crippen molar-refractivity contribution in [1.82, 2.24) is 0 Å². The molecule has 27 rings (SSSR count). The SMILES string of the molecule is c1ccc(-c2c3ccccc3c(-c3cccc4cc(-c5cccc(-c6ccc7ccccc7c6)c5)ccc34)c3ccccc23)cc1.c1ccc(-c2ccc(-c3c4ccccc4c(-c4cccc5cc(-c6ccc7ccccc7c6)ccc45)c4ccccc34)cc2)cc1.c1ccc2cc(-c3ccc4c(-c5c6ccccc6c(-c6ccc7ccccc7c6)c6ccccc56)cccc4c3)ccc2c1. The summed E-state index contributed by atoms with van der Waals surface area (Å²) >= 11 is 0. The van der Waals surface area contributed by atoms with Gasteiger partial charge in [-0.2, -0.15) is 0 Å². The van der Waals surface area contributed by atoms with Crippen molar-refractivity contribution < 1.29 is 0 Å². The van der Waals surface area contributed by atoms with Crippen LogP contribution in [-0.2, 0) is 0 Å². The lowest BCUT2D eigenvalue weighted by atomic mass is 9.84. The predicted octanol–water partition coefficient (Wildman–Crippen LogP) is 38.4. The molecule has 0 fully saturated rings. The Morgan fingerprint density at radius 1 is 0.0735 bits per heavy atom. The average molecular weight is 1720 g/mol. The van der Waals surface area contributed by atoms with Crippen molar-refractivity contribution in [2.75, 3.05) is 0 Å². The molecule has 27 aromatic rings. The van der Waals surface area contributed by atoms with Crippen LogP contribution >= 0.6 is 0 Å². The quantitative estimate of drug-likeness (QED) is 0.113. The Labute approximate surface area is 790 Å². The largest absolute Gasteiger partial charge is 0.0622 e. The zero-order valence-electron chi connectivity index (χ0n) is 74.8. The van der Waals surface area contributed by atoms with Gasteiger partial charge in [-0.25, -0.2) is 0 Å². The summed E-state index contributed by atoms with van der Waals surface area (Å²) in [7, 11) is 0. The molecule has 0 spiro atoms. The van der Waals surface area contributed by atoms with Crippen molar-refractivity contribution in [3.63, 3.8) is 0 Å². The third-order valence-corrected chi connectivity index (χ3v) is 28.1. The highest BCUT2D eigenvalue weighted by atomic mass is 14.3. The van der Waals surface area contributed by atoms with E-state index in [1.54, 1.807) is 0 Å². The topological polar surface area (TPSA) is 0 Å². The van der Waals surface area contributed by atoms with E-state index in [-0.39, 0.29) is 0 Å². The Morgan fingerprint density at radius 3 is 0.559 bits per heavy atom. The van der Waals surface area contributed by atoms with Crippen molar-refractivity contribution in [2.45, 2.75) is 0 Å². The third kappa shape index (κ3) is 14.6. The van der Waals surface area contributed by atoms with Gasteiger partial charge in [0.15, 0.2) is 0 Å². The number of benzene rings is 27. The molecule has 0 amide bonds. The lowest BCUT2D eigenvalue weighted by Crippen LogP contribution is -1.92. The van der Waals surface area contributed by atoms with E-state index in [4.69, 9.17) is 0 Å². The van der Waals surface area contributed by atoms with E-state index in [1.807, 2.05) is 0 Å². The van der Waals surface area contributed by atoms with Gasteiger partial charge >= 0.3 is 0 Å². The number of fused-ring (bicyclic) bond motifs is 13.